The number of aromatic nitrogens is 2. The predicted octanol–water partition coefficient (Wildman–Crippen LogP) is 3.07. The van der Waals surface area contributed by atoms with Gasteiger partial charge in [-0.2, -0.15) is 0 Å². The number of carbonyl (C=O) groups is 1. The van der Waals surface area contributed by atoms with Crippen molar-refractivity contribution in [1.82, 2.24) is 14.9 Å². The van der Waals surface area contributed by atoms with Crippen molar-refractivity contribution in [3.8, 4) is 12.3 Å². The molecule has 0 radical (unpaired) electrons. The van der Waals surface area contributed by atoms with Crippen molar-refractivity contribution in [2.75, 3.05) is 12.3 Å². The minimum Gasteiger partial charge on any atom is -0.467 e. The second-order valence-corrected chi connectivity index (χ2v) is 9.19. The van der Waals surface area contributed by atoms with Crippen LogP contribution in [0.5, 0.6) is 0 Å². The van der Waals surface area contributed by atoms with E-state index >= 15 is 0 Å². The Morgan fingerprint density at radius 2 is 2.41 bits per heavy atom. The van der Waals surface area contributed by atoms with Crippen LogP contribution in [0.15, 0.2) is 32.8 Å². The van der Waals surface area contributed by atoms with Gasteiger partial charge in [0.05, 0.1) is 30.5 Å². The topological polar surface area (TPSA) is 77.1 Å². The van der Waals surface area contributed by atoms with Gasteiger partial charge in [0.15, 0.2) is 5.16 Å². The summed E-state index contributed by atoms with van der Waals surface area (Å²) in [5.74, 6) is 3.62. The van der Waals surface area contributed by atoms with Crippen molar-refractivity contribution >= 4 is 39.2 Å². The molecule has 150 valence electrons. The number of rotatable bonds is 6. The van der Waals surface area contributed by atoms with E-state index in [9.17, 15) is 9.59 Å². The summed E-state index contributed by atoms with van der Waals surface area (Å²) in [6.07, 6.45) is 9.76. The van der Waals surface area contributed by atoms with E-state index in [1.807, 2.05) is 6.07 Å². The van der Waals surface area contributed by atoms with Crippen molar-refractivity contribution < 1.29 is 9.21 Å². The van der Waals surface area contributed by atoms with Gasteiger partial charge in [-0.05, 0) is 42.9 Å². The van der Waals surface area contributed by atoms with E-state index in [1.165, 1.54) is 16.6 Å². The molecule has 1 amide bonds. The molecule has 1 atom stereocenters. The quantitative estimate of drug-likeness (QED) is 0.372. The molecular formula is C21H21N3O3S2. The zero-order chi connectivity index (χ0) is 20.4. The van der Waals surface area contributed by atoms with Crippen molar-refractivity contribution in [3.63, 3.8) is 0 Å². The fourth-order valence-electron chi connectivity index (χ4n) is 3.54. The van der Waals surface area contributed by atoms with Gasteiger partial charge in [0.25, 0.3) is 5.56 Å². The SMILES string of the molecule is C#CCNC(=O)CSc1nc2sc3c(c2c(=O)n1Cc1ccco1)CCC(C)C3. The fraction of sp³-hybridized carbons (Fsp3) is 0.381. The Morgan fingerprint density at radius 3 is 3.17 bits per heavy atom. The molecule has 3 heterocycles. The maximum atomic E-state index is 13.5. The molecule has 0 bridgehead atoms. The molecule has 6 nitrogen and oxygen atoms in total. The van der Waals surface area contributed by atoms with Crippen LogP contribution in [0, 0.1) is 18.3 Å². The summed E-state index contributed by atoms with van der Waals surface area (Å²) in [7, 11) is 0. The number of hydrogen-bond acceptors (Lipinski definition) is 6. The van der Waals surface area contributed by atoms with E-state index in [0.717, 1.165) is 35.0 Å². The maximum absolute atomic E-state index is 13.5. The lowest BCUT2D eigenvalue weighted by Gasteiger charge is -2.17. The number of fused-ring (bicyclic) bond motifs is 3. The van der Waals surface area contributed by atoms with E-state index in [0.29, 0.717) is 16.8 Å². The Balaban J connectivity index is 1.75. The third-order valence-corrected chi connectivity index (χ3v) is 7.12. The summed E-state index contributed by atoms with van der Waals surface area (Å²) in [5.41, 5.74) is 1.09. The first-order chi connectivity index (χ1) is 14.1. The van der Waals surface area contributed by atoms with Crippen LogP contribution >= 0.6 is 23.1 Å². The first kappa shape index (κ1) is 19.8. The molecular weight excluding hydrogens is 406 g/mol. The van der Waals surface area contributed by atoms with Gasteiger partial charge in [-0.25, -0.2) is 4.98 Å². The average molecular weight is 428 g/mol. The molecule has 0 saturated heterocycles. The van der Waals surface area contributed by atoms with Crippen LogP contribution in [0.1, 0.15) is 29.5 Å². The second kappa shape index (κ2) is 8.47. The van der Waals surface area contributed by atoms with Gasteiger partial charge in [0, 0.05) is 4.88 Å². The highest BCUT2D eigenvalue weighted by molar-refractivity contribution is 7.99. The molecule has 0 aliphatic heterocycles. The smallest absolute Gasteiger partial charge is 0.263 e. The number of nitrogens with zero attached hydrogens (tertiary/aromatic N) is 2. The lowest BCUT2D eigenvalue weighted by molar-refractivity contribution is -0.118. The molecule has 29 heavy (non-hydrogen) atoms. The number of carbonyl (C=O) groups excluding carboxylic acids is 1. The molecule has 0 aromatic carbocycles. The maximum Gasteiger partial charge on any atom is 0.263 e. The number of terminal acetylenes is 1. The average Bonchev–Trinajstić information content (AvgIpc) is 3.34. The van der Waals surface area contributed by atoms with Gasteiger partial charge in [0.2, 0.25) is 5.91 Å². The van der Waals surface area contributed by atoms with E-state index in [2.05, 4.69) is 18.2 Å². The highest BCUT2D eigenvalue weighted by Gasteiger charge is 2.25. The van der Waals surface area contributed by atoms with Crippen LogP contribution in [-0.2, 0) is 24.2 Å². The van der Waals surface area contributed by atoms with E-state index in [-0.39, 0.29) is 30.3 Å². The van der Waals surface area contributed by atoms with Crippen molar-refractivity contribution in [2.45, 2.75) is 37.9 Å². The second-order valence-electron chi connectivity index (χ2n) is 7.17. The van der Waals surface area contributed by atoms with Crippen molar-refractivity contribution in [2.24, 2.45) is 5.92 Å². The lowest BCUT2D eigenvalue weighted by Crippen LogP contribution is -2.27. The lowest BCUT2D eigenvalue weighted by atomic mass is 9.89. The Morgan fingerprint density at radius 1 is 1.55 bits per heavy atom. The number of hydrogen-bond donors (Lipinski definition) is 1. The predicted molar refractivity (Wildman–Crippen MR) is 115 cm³/mol. The van der Waals surface area contributed by atoms with Crippen LogP contribution in [0.4, 0.5) is 0 Å². The molecule has 3 aromatic rings. The standard InChI is InChI=1S/C21H21N3O3S2/c1-3-8-22-17(25)12-28-21-23-19-18(15-7-6-13(2)10-16(15)29-19)20(26)24(21)11-14-5-4-9-27-14/h1,4-5,9,13H,6-8,10-12H2,2H3,(H,22,25). The monoisotopic (exact) mass is 427 g/mol. The van der Waals surface area contributed by atoms with Crippen molar-refractivity contribution in [1.29, 1.82) is 0 Å². The van der Waals surface area contributed by atoms with Crippen LogP contribution in [0.25, 0.3) is 10.2 Å². The highest BCUT2D eigenvalue weighted by Crippen LogP contribution is 2.36. The van der Waals surface area contributed by atoms with E-state index < -0.39 is 0 Å². The summed E-state index contributed by atoms with van der Waals surface area (Å²) in [6.45, 7) is 2.71. The zero-order valence-corrected chi connectivity index (χ0v) is 17.7. The van der Waals surface area contributed by atoms with E-state index in [1.54, 1.807) is 28.2 Å². The molecule has 3 aromatic heterocycles. The molecule has 1 unspecified atom stereocenters. The van der Waals surface area contributed by atoms with Gasteiger partial charge >= 0.3 is 0 Å². The minimum absolute atomic E-state index is 0.0648. The van der Waals surface area contributed by atoms with Gasteiger partial charge in [0.1, 0.15) is 10.6 Å². The van der Waals surface area contributed by atoms with E-state index in [4.69, 9.17) is 15.8 Å². The van der Waals surface area contributed by atoms with Gasteiger partial charge in [-0.15, -0.1) is 17.8 Å². The minimum atomic E-state index is -0.189. The third-order valence-electron chi connectivity index (χ3n) is 4.99. The Bertz CT molecular complexity index is 1140. The number of nitrogens with one attached hydrogen (secondary N) is 1. The summed E-state index contributed by atoms with van der Waals surface area (Å²) in [5, 5.41) is 3.88. The van der Waals surface area contributed by atoms with Gasteiger partial charge in [-0.1, -0.05) is 24.6 Å². The van der Waals surface area contributed by atoms with Crippen LogP contribution < -0.4 is 10.9 Å². The molecule has 0 spiro atoms. The fourth-order valence-corrected chi connectivity index (χ4v) is 5.80. The molecule has 8 heteroatoms. The van der Waals surface area contributed by atoms with Crippen LogP contribution in [-0.4, -0.2) is 27.8 Å². The van der Waals surface area contributed by atoms with Crippen molar-refractivity contribution in [3.05, 3.63) is 45.0 Å². The molecule has 4 rings (SSSR count). The highest BCUT2D eigenvalue weighted by atomic mass is 32.2. The summed E-state index contributed by atoms with van der Waals surface area (Å²) in [6, 6.07) is 3.62. The number of amides is 1. The molecule has 0 fully saturated rings. The summed E-state index contributed by atoms with van der Waals surface area (Å²) < 4.78 is 7.07. The number of thioether (sulfide) groups is 1. The number of thiophene rings is 1. The normalized spacial score (nSPS) is 15.8. The first-order valence-corrected chi connectivity index (χ1v) is 11.3. The Kier molecular flexibility index (Phi) is 5.79. The first-order valence-electron chi connectivity index (χ1n) is 9.47. The Labute approximate surface area is 176 Å². The molecule has 1 aliphatic carbocycles. The number of furan rings is 1. The number of aryl methyl sites for hydroxylation is 1. The third kappa shape index (κ3) is 4.11. The van der Waals surface area contributed by atoms with Gasteiger partial charge in [-0.3, -0.25) is 14.2 Å². The molecule has 0 saturated carbocycles. The summed E-state index contributed by atoms with van der Waals surface area (Å²) >= 11 is 2.85. The Hall–Kier alpha value is -2.50. The molecule has 1 aliphatic rings. The molecule has 1 N–H and O–H groups in total. The van der Waals surface area contributed by atoms with Gasteiger partial charge < -0.3 is 9.73 Å². The van der Waals surface area contributed by atoms with Crippen LogP contribution in [0.2, 0.25) is 0 Å². The zero-order valence-electron chi connectivity index (χ0n) is 16.1. The van der Waals surface area contributed by atoms with Crippen LogP contribution in [0.3, 0.4) is 0 Å². The largest absolute Gasteiger partial charge is 0.467 e. The summed E-state index contributed by atoms with van der Waals surface area (Å²) in [4.78, 5) is 32.3.